The van der Waals surface area contributed by atoms with Gasteiger partial charge in [-0.05, 0) is 50.4 Å². The monoisotopic (exact) mass is 267 g/mol. The molecule has 0 radical (unpaired) electrons. The van der Waals surface area contributed by atoms with Gasteiger partial charge in [-0.2, -0.15) is 0 Å². The van der Waals surface area contributed by atoms with Crippen molar-refractivity contribution in [3.63, 3.8) is 0 Å². The molecule has 0 aromatic carbocycles. The van der Waals surface area contributed by atoms with E-state index in [-0.39, 0.29) is 23.8 Å². The van der Waals surface area contributed by atoms with E-state index in [1.54, 1.807) is 0 Å². The summed E-state index contributed by atoms with van der Waals surface area (Å²) >= 11 is 0. The third-order valence-corrected chi connectivity index (χ3v) is 4.92. The van der Waals surface area contributed by atoms with Crippen LogP contribution in [0.15, 0.2) is 0 Å². The van der Waals surface area contributed by atoms with Crippen molar-refractivity contribution in [1.29, 1.82) is 0 Å². The maximum Gasteiger partial charge on any atom is 0.306 e. The molecule has 0 saturated heterocycles. The zero-order chi connectivity index (χ0) is 14.0. The predicted molar refractivity (Wildman–Crippen MR) is 72.6 cm³/mol. The lowest BCUT2D eigenvalue weighted by atomic mass is 9.76. The largest absolute Gasteiger partial charge is 0.481 e. The van der Waals surface area contributed by atoms with E-state index in [0.29, 0.717) is 18.8 Å². The average Bonchev–Trinajstić information content (AvgIpc) is 2.32. The fraction of sp³-hybridized carbons (Fsp3) is 0.867. The number of amides is 1. The van der Waals surface area contributed by atoms with Gasteiger partial charge in [-0.25, -0.2) is 0 Å². The normalized spacial score (nSPS) is 34.7. The number of carbonyl (C=O) groups excluding carboxylic acids is 1. The quantitative estimate of drug-likeness (QED) is 0.822. The predicted octanol–water partition coefficient (Wildman–Crippen LogP) is 2.43. The van der Waals surface area contributed by atoms with Crippen molar-refractivity contribution < 1.29 is 14.7 Å². The number of nitrogens with one attached hydrogen (secondary N) is 1. The number of hydrogen-bond acceptors (Lipinski definition) is 2. The second-order valence-electron chi connectivity index (χ2n) is 6.57. The molecule has 4 heteroatoms. The first-order valence-electron chi connectivity index (χ1n) is 7.50. The van der Waals surface area contributed by atoms with E-state index < -0.39 is 5.97 Å². The molecule has 0 atom stereocenters. The number of hydrogen-bond donors (Lipinski definition) is 2. The van der Waals surface area contributed by atoms with Crippen LogP contribution in [0.4, 0.5) is 0 Å². The van der Waals surface area contributed by atoms with Gasteiger partial charge in [0.15, 0.2) is 0 Å². The first kappa shape index (κ1) is 14.4. The summed E-state index contributed by atoms with van der Waals surface area (Å²) < 4.78 is 0. The minimum absolute atomic E-state index is 0.0939. The smallest absolute Gasteiger partial charge is 0.306 e. The van der Waals surface area contributed by atoms with E-state index >= 15 is 0 Å². The SMILES string of the molecule is CC(C)C1CCC(C(=O)NC2CC(C(=O)O)C2)CC1. The summed E-state index contributed by atoms with van der Waals surface area (Å²) in [6.07, 6.45) is 5.48. The van der Waals surface area contributed by atoms with E-state index in [0.717, 1.165) is 31.6 Å². The van der Waals surface area contributed by atoms with Crippen molar-refractivity contribution in [2.24, 2.45) is 23.7 Å². The van der Waals surface area contributed by atoms with Crippen LogP contribution in [0.25, 0.3) is 0 Å². The second kappa shape index (κ2) is 5.93. The van der Waals surface area contributed by atoms with E-state index in [1.807, 2.05) is 0 Å². The number of aliphatic carboxylic acids is 1. The van der Waals surface area contributed by atoms with Gasteiger partial charge in [0.1, 0.15) is 0 Å². The van der Waals surface area contributed by atoms with Crippen LogP contribution in [0.1, 0.15) is 52.4 Å². The molecule has 2 fully saturated rings. The zero-order valence-corrected chi connectivity index (χ0v) is 11.9. The summed E-state index contributed by atoms with van der Waals surface area (Å²) in [7, 11) is 0. The highest BCUT2D eigenvalue weighted by Crippen LogP contribution is 2.34. The Balaban J connectivity index is 1.69. The molecule has 2 N–H and O–H groups in total. The molecule has 0 aliphatic heterocycles. The van der Waals surface area contributed by atoms with Crippen molar-refractivity contribution in [2.45, 2.75) is 58.4 Å². The summed E-state index contributed by atoms with van der Waals surface area (Å²) in [6.45, 7) is 4.51. The fourth-order valence-electron chi connectivity index (χ4n) is 3.30. The van der Waals surface area contributed by atoms with Gasteiger partial charge in [-0.1, -0.05) is 13.8 Å². The van der Waals surface area contributed by atoms with Gasteiger partial charge in [0, 0.05) is 12.0 Å². The molecule has 19 heavy (non-hydrogen) atoms. The summed E-state index contributed by atoms with van der Waals surface area (Å²) in [5.74, 6) is 0.802. The summed E-state index contributed by atoms with van der Waals surface area (Å²) in [5, 5.41) is 11.8. The lowest BCUT2D eigenvalue weighted by Gasteiger charge is -2.35. The van der Waals surface area contributed by atoms with E-state index in [9.17, 15) is 9.59 Å². The van der Waals surface area contributed by atoms with Crippen molar-refractivity contribution in [3.8, 4) is 0 Å². The van der Waals surface area contributed by atoms with Gasteiger partial charge in [0.05, 0.1) is 5.92 Å². The summed E-state index contributed by atoms with van der Waals surface area (Å²) in [5.41, 5.74) is 0. The molecule has 0 aromatic heterocycles. The Morgan fingerprint density at radius 1 is 1.05 bits per heavy atom. The Labute approximate surface area is 115 Å². The van der Waals surface area contributed by atoms with Gasteiger partial charge >= 0.3 is 5.97 Å². The Kier molecular flexibility index (Phi) is 4.48. The minimum atomic E-state index is -0.733. The van der Waals surface area contributed by atoms with Crippen LogP contribution in [0.2, 0.25) is 0 Å². The van der Waals surface area contributed by atoms with Gasteiger partial charge < -0.3 is 10.4 Å². The highest BCUT2D eigenvalue weighted by molar-refractivity contribution is 5.79. The molecule has 0 unspecified atom stereocenters. The highest BCUT2D eigenvalue weighted by Gasteiger charge is 2.37. The van der Waals surface area contributed by atoms with Gasteiger partial charge in [0.25, 0.3) is 0 Å². The minimum Gasteiger partial charge on any atom is -0.481 e. The van der Waals surface area contributed by atoms with Crippen molar-refractivity contribution in [1.82, 2.24) is 5.32 Å². The molecular formula is C15H25NO3. The molecular weight excluding hydrogens is 242 g/mol. The van der Waals surface area contributed by atoms with Crippen LogP contribution < -0.4 is 5.32 Å². The Hall–Kier alpha value is -1.06. The molecule has 0 bridgehead atoms. The van der Waals surface area contributed by atoms with E-state index in [4.69, 9.17) is 5.11 Å². The van der Waals surface area contributed by atoms with Crippen LogP contribution in [0.5, 0.6) is 0 Å². The van der Waals surface area contributed by atoms with Crippen LogP contribution in [0, 0.1) is 23.7 Å². The second-order valence-corrected chi connectivity index (χ2v) is 6.57. The van der Waals surface area contributed by atoms with Crippen molar-refractivity contribution >= 4 is 11.9 Å². The number of rotatable bonds is 4. The molecule has 2 aliphatic rings. The van der Waals surface area contributed by atoms with E-state index in [2.05, 4.69) is 19.2 Å². The van der Waals surface area contributed by atoms with E-state index in [1.165, 1.54) is 0 Å². The lowest BCUT2D eigenvalue weighted by molar-refractivity contribution is -0.146. The summed E-state index contributed by atoms with van der Waals surface area (Å²) in [6, 6.07) is 0.0939. The van der Waals surface area contributed by atoms with Crippen LogP contribution in [0.3, 0.4) is 0 Å². The van der Waals surface area contributed by atoms with Crippen molar-refractivity contribution in [3.05, 3.63) is 0 Å². The van der Waals surface area contributed by atoms with Gasteiger partial charge in [0.2, 0.25) is 5.91 Å². The first-order chi connectivity index (χ1) is 8.97. The molecule has 0 spiro atoms. The van der Waals surface area contributed by atoms with Crippen molar-refractivity contribution in [2.75, 3.05) is 0 Å². The number of carbonyl (C=O) groups is 2. The standard InChI is InChI=1S/C15H25NO3/c1-9(2)10-3-5-11(6-4-10)14(17)16-13-7-12(8-13)15(18)19/h9-13H,3-8H2,1-2H3,(H,16,17)(H,18,19). The van der Waals surface area contributed by atoms with Crippen LogP contribution in [-0.2, 0) is 9.59 Å². The maximum atomic E-state index is 12.1. The number of carboxylic acid groups (broad SMARTS) is 1. The molecule has 2 aliphatic carbocycles. The fourth-order valence-corrected chi connectivity index (χ4v) is 3.30. The van der Waals surface area contributed by atoms with Crippen LogP contribution in [-0.4, -0.2) is 23.0 Å². The topological polar surface area (TPSA) is 66.4 Å². The molecule has 1 amide bonds. The molecule has 108 valence electrons. The Bertz CT molecular complexity index is 339. The molecule has 4 nitrogen and oxygen atoms in total. The Morgan fingerprint density at radius 3 is 2.11 bits per heavy atom. The molecule has 0 aromatic rings. The zero-order valence-electron chi connectivity index (χ0n) is 11.9. The maximum absolute atomic E-state index is 12.1. The van der Waals surface area contributed by atoms with Gasteiger partial charge in [-0.3, -0.25) is 9.59 Å². The molecule has 2 saturated carbocycles. The first-order valence-corrected chi connectivity index (χ1v) is 7.50. The average molecular weight is 267 g/mol. The Morgan fingerprint density at radius 2 is 1.63 bits per heavy atom. The molecule has 2 rings (SSSR count). The summed E-state index contributed by atoms with van der Waals surface area (Å²) in [4.78, 5) is 22.8. The molecule has 0 heterocycles. The third kappa shape index (κ3) is 3.48. The third-order valence-electron chi connectivity index (χ3n) is 4.92. The van der Waals surface area contributed by atoms with Gasteiger partial charge in [-0.15, -0.1) is 0 Å². The number of carboxylic acids is 1. The van der Waals surface area contributed by atoms with Crippen LogP contribution >= 0.6 is 0 Å². The lowest BCUT2D eigenvalue weighted by Crippen LogP contribution is -2.48. The highest BCUT2D eigenvalue weighted by atomic mass is 16.4.